The van der Waals surface area contributed by atoms with Gasteiger partial charge in [-0.25, -0.2) is 0 Å². The molecule has 7 heteroatoms. The zero-order valence-corrected chi connectivity index (χ0v) is 16.3. The molecule has 27 heavy (non-hydrogen) atoms. The third-order valence-corrected chi connectivity index (χ3v) is 4.18. The molecule has 2 aromatic carbocycles. The fourth-order valence-electron chi connectivity index (χ4n) is 2.52. The Labute approximate surface area is 165 Å². The van der Waals surface area contributed by atoms with Crippen LogP contribution in [0.2, 0.25) is 0 Å². The fourth-order valence-corrected chi connectivity index (χ4v) is 2.52. The molecule has 0 aliphatic heterocycles. The van der Waals surface area contributed by atoms with Gasteiger partial charge in [0.1, 0.15) is 5.75 Å². The highest BCUT2D eigenvalue weighted by Gasteiger charge is 2.21. The number of benzene rings is 2. The minimum atomic E-state index is -0.373. The number of nitrogens with one attached hydrogen (secondary N) is 2. The highest BCUT2D eigenvalue weighted by Crippen LogP contribution is 2.18. The summed E-state index contributed by atoms with van der Waals surface area (Å²) >= 11 is 0. The number of rotatable bonds is 8. The van der Waals surface area contributed by atoms with E-state index < -0.39 is 0 Å². The van der Waals surface area contributed by atoms with Crippen LogP contribution in [0.1, 0.15) is 28.9 Å². The largest absolute Gasteiger partial charge is 0.497 e. The standard InChI is InChI=1S/C20H25N3O3.ClH/c1-14(18(21)15-7-4-3-5-8-15)19(24)22-11-12-23-20(25)16-9-6-10-17(13-16)26-2;/h3-10,13-14,18H,11-12,21H2,1-2H3,(H,22,24)(H,23,25);1H. The van der Waals surface area contributed by atoms with Crippen molar-refractivity contribution >= 4 is 24.2 Å². The summed E-state index contributed by atoms with van der Waals surface area (Å²) in [5.74, 6) is -0.106. The Balaban J connectivity index is 0.00000364. The van der Waals surface area contributed by atoms with E-state index in [0.717, 1.165) is 5.56 Å². The molecule has 0 aliphatic carbocycles. The molecule has 0 aromatic heterocycles. The second-order valence-electron chi connectivity index (χ2n) is 6.00. The summed E-state index contributed by atoms with van der Waals surface area (Å²) in [5.41, 5.74) is 7.58. The average Bonchev–Trinajstić information content (AvgIpc) is 2.70. The number of hydrogen-bond acceptors (Lipinski definition) is 4. The van der Waals surface area contributed by atoms with E-state index in [4.69, 9.17) is 10.5 Å². The summed E-state index contributed by atoms with van der Waals surface area (Å²) in [6, 6.07) is 16.0. The summed E-state index contributed by atoms with van der Waals surface area (Å²) < 4.78 is 5.10. The van der Waals surface area contributed by atoms with Gasteiger partial charge < -0.3 is 21.1 Å². The molecule has 4 N–H and O–H groups in total. The lowest BCUT2D eigenvalue weighted by atomic mass is 9.95. The molecule has 2 atom stereocenters. The number of hydrogen-bond donors (Lipinski definition) is 3. The molecule has 0 saturated heterocycles. The molecule has 2 rings (SSSR count). The van der Waals surface area contributed by atoms with Gasteiger partial charge in [-0.3, -0.25) is 9.59 Å². The van der Waals surface area contributed by atoms with Gasteiger partial charge in [-0.15, -0.1) is 12.4 Å². The third kappa shape index (κ3) is 6.58. The molecule has 146 valence electrons. The van der Waals surface area contributed by atoms with E-state index in [9.17, 15) is 9.59 Å². The Kier molecular flexibility index (Phi) is 9.33. The van der Waals surface area contributed by atoms with E-state index in [-0.39, 0.29) is 36.2 Å². The van der Waals surface area contributed by atoms with Crippen molar-refractivity contribution in [2.24, 2.45) is 11.7 Å². The lowest BCUT2D eigenvalue weighted by Crippen LogP contribution is -2.39. The van der Waals surface area contributed by atoms with Gasteiger partial charge in [-0.05, 0) is 23.8 Å². The lowest BCUT2D eigenvalue weighted by molar-refractivity contribution is -0.125. The number of nitrogens with two attached hydrogens (primary N) is 1. The zero-order valence-electron chi connectivity index (χ0n) is 15.5. The molecule has 6 nitrogen and oxygen atoms in total. The predicted molar refractivity (Wildman–Crippen MR) is 108 cm³/mol. The minimum Gasteiger partial charge on any atom is -0.497 e. The van der Waals surface area contributed by atoms with Crippen molar-refractivity contribution in [3.63, 3.8) is 0 Å². The first-order valence-electron chi connectivity index (χ1n) is 8.53. The number of ether oxygens (including phenoxy) is 1. The van der Waals surface area contributed by atoms with Gasteiger partial charge >= 0.3 is 0 Å². The quantitative estimate of drug-likeness (QED) is 0.602. The van der Waals surface area contributed by atoms with E-state index in [2.05, 4.69) is 10.6 Å². The molecule has 0 saturated carbocycles. The zero-order chi connectivity index (χ0) is 18.9. The molecular weight excluding hydrogens is 366 g/mol. The minimum absolute atomic E-state index is 0. The first-order valence-corrected chi connectivity index (χ1v) is 8.53. The van der Waals surface area contributed by atoms with Gasteiger partial charge in [0.05, 0.1) is 13.0 Å². The lowest BCUT2D eigenvalue weighted by Gasteiger charge is -2.20. The second kappa shape index (κ2) is 11.2. The first kappa shape index (κ1) is 22.5. The van der Waals surface area contributed by atoms with Crippen molar-refractivity contribution in [1.29, 1.82) is 0 Å². The SMILES string of the molecule is COc1cccc(C(=O)NCCNC(=O)C(C)C(N)c2ccccc2)c1.Cl. The maximum Gasteiger partial charge on any atom is 0.251 e. The van der Waals surface area contributed by atoms with Crippen LogP contribution in [-0.4, -0.2) is 32.0 Å². The molecular formula is C20H26ClN3O3. The number of halogens is 1. The number of carbonyl (C=O) groups is 2. The highest BCUT2D eigenvalue weighted by molar-refractivity contribution is 5.94. The molecule has 0 fully saturated rings. The highest BCUT2D eigenvalue weighted by atomic mass is 35.5. The normalized spacial score (nSPS) is 12.3. The smallest absolute Gasteiger partial charge is 0.251 e. The number of carbonyl (C=O) groups excluding carboxylic acids is 2. The van der Waals surface area contributed by atoms with Crippen LogP contribution < -0.4 is 21.1 Å². The molecule has 2 aromatic rings. The molecule has 0 aliphatic rings. The Bertz CT molecular complexity index is 740. The van der Waals surface area contributed by atoms with E-state index >= 15 is 0 Å². The van der Waals surface area contributed by atoms with Gasteiger partial charge in [0.25, 0.3) is 5.91 Å². The average molecular weight is 392 g/mol. The van der Waals surface area contributed by atoms with Crippen LogP contribution in [0.4, 0.5) is 0 Å². The predicted octanol–water partition coefficient (Wildman–Crippen LogP) is 2.30. The van der Waals surface area contributed by atoms with Crippen LogP contribution in [0.15, 0.2) is 54.6 Å². The Morgan fingerprint density at radius 3 is 2.37 bits per heavy atom. The summed E-state index contributed by atoms with van der Waals surface area (Å²) in [6.45, 7) is 2.46. The van der Waals surface area contributed by atoms with Crippen molar-refractivity contribution in [2.75, 3.05) is 20.2 Å². The van der Waals surface area contributed by atoms with Gasteiger partial charge in [0.2, 0.25) is 5.91 Å². The number of amides is 2. The van der Waals surface area contributed by atoms with E-state index in [0.29, 0.717) is 24.4 Å². The Morgan fingerprint density at radius 1 is 1.04 bits per heavy atom. The van der Waals surface area contributed by atoms with Gasteiger partial charge in [-0.1, -0.05) is 43.3 Å². The molecule has 2 unspecified atom stereocenters. The first-order chi connectivity index (χ1) is 12.5. The van der Waals surface area contributed by atoms with E-state index in [1.54, 1.807) is 38.3 Å². The molecule has 2 amide bonds. The van der Waals surface area contributed by atoms with Crippen molar-refractivity contribution in [3.05, 3.63) is 65.7 Å². The summed E-state index contributed by atoms with van der Waals surface area (Å²) in [7, 11) is 1.55. The summed E-state index contributed by atoms with van der Waals surface area (Å²) in [6.07, 6.45) is 0. The van der Waals surface area contributed by atoms with Crippen molar-refractivity contribution in [3.8, 4) is 5.75 Å². The Morgan fingerprint density at radius 2 is 1.70 bits per heavy atom. The maximum atomic E-state index is 12.2. The molecule has 0 heterocycles. The molecule has 0 spiro atoms. The topological polar surface area (TPSA) is 93.5 Å². The second-order valence-corrected chi connectivity index (χ2v) is 6.00. The Hall–Kier alpha value is -2.57. The maximum absolute atomic E-state index is 12.2. The summed E-state index contributed by atoms with van der Waals surface area (Å²) in [4.78, 5) is 24.3. The van der Waals surface area contributed by atoms with Crippen LogP contribution in [-0.2, 0) is 4.79 Å². The van der Waals surface area contributed by atoms with Gasteiger partial charge in [0, 0.05) is 24.7 Å². The van der Waals surface area contributed by atoms with Crippen LogP contribution >= 0.6 is 12.4 Å². The van der Waals surface area contributed by atoms with Crippen LogP contribution in [0.5, 0.6) is 5.75 Å². The van der Waals surface area contributed by atoms with E-state index in [1.807, 2.05) is 30.3 Å². The number of methoxy groups -OCH3 is 1. The third-order valence-electron chi connectivity index (χ3n) is 4.18. The van der Waals surface area contributed by atoms with Crippen molar-refractivity contribution < 1.29 is 14.3 Å². The monoisotopic (exact) mass is 391 g/mol. The van der Waals surface area contributed by atoms with Crippen molar-refractivity contribution in [1.82, 2.24) is 10.6 Å². The van der Waals surface area contributed by atoms with Crippen LogP contribution in [0.25, 0.3) is 0 Å². The fraction of sp³-hybridized carbons (Fsp3) is 0.300. The molecule has 0 radical (unpaired) electrons. The van der Waals surface area contributed by atoms with Crippen LogP contribution in [0.3, 0.4) is 0 Å². The van der Waals surface area contributed by atoms with Crippen molar-refractivity contribution in [2.45, 2.75) is 13.0 Å². The van der Waals surface area contributed by atoms with Crippen LogP contribution in [0, 0.1) is 5.92 Å². The van der Waals surface area contributed by atoms with E-state index in [1.165, 1.54) is 0 Å². The van der Waals surface area contributed by atoms with Gasteiger partial charge in [-0.2, -0.15) is 0 Å². The van der Waals surface area contributed by atoms with Gasteiger partial charge in [0.15, 0.2) is 0 Å². The summed E-state index contributed by atoms with van der Waals surface area (Å²) in [5, 5.41) is 5.57. The molecule has 0 bridgehead atoms.